The van der Waals surface area contributed by atoms with Crippen molar-refractivity contribution in [3.05, 3.63) is 69.7 Å². The number of halogens is 1. The Morgan fingerprint density at radius 1 is 0.714 bits per heavy atom. The molecule has 0 unspecified atom stereocenters. The maximum atomic E-state index is 12.4. The molecular weight excluding hydrogens is 512 g/mol. The molecule has 7 heteroatoms. The van der Waals surface area contributed by atoms with Crippen LogP contribution in [0.15, 0.2) is 53.0 Å². The Kier molecular flexibility index (Phi) is 13.2. The highest BCUT2D eigenvalue weighted by Crippen LogP contribution is 2.15. The molecule has 0 aromatic heterocycles. The number of rotatable bonds is 16. The standard InChI is InChI=1S/C28H37BrO6/c1-28(2,3)35-27(31)14-16-33-18-20-34-19-17-32-15-4-5-26(30)24-10-6-22(7-11-24)21-23-8-12-25(29)13-9-23/h6-13H,4-5,14-21H2,1-3H3. The zero-order valence-corrected chi connectivity index (χ0v) is 22.6. The van der Waals surface area contributed by atoms with Crippen LogP contribution in [0.4, 0.5) is 0 Å². The summed E-state index contributed by atoms with van der Waals surface area (Å²) < 4.78 is 22.6. The number of esters is 1. The van der Waals surface area contributed by atoms with Gasteiger partial charge in [0.2, 0.25) is 0 Å². The van der Waals surface area contributed by atoms with Crippen LogP contribution in [0.25, 0.3) is 0 Å². The number of carbonyl (C=O) groups excluding carboxylic acids is 2. The summed E-state index contributed by atoms with van der Waals surface area (Å²) in [6, 6.07) is 16.1. The van der Waals surface area contributed by atoms with Gasteiger partial charge in [0.05, 0.1) is 39.5 Å². The molecule has 0 spiro atoms. The van der Waals surface area contributed by atoms with E-state index in [4.69, 9.17) is 18.9 Å². The molecule has 192 valence electrons. The fourth-order valence-corrected chi connectivity index (χ4v) is 3.48. The molecular formula is C28H37BrO6. The van der Waals surface area contributed by atoms with E-state index in [1.165, 1.54) is 11.1 Å². The first-order chi connectivity index (χ1) is 16.7. The van der Waals surface area contributed by atoms with Gasteiger partial charge in [-0.05, 0) is 56.9 Å². The van der Waals surface area contributed by atoms with E-state index in [0.717, 1.165) is 16.5 Å². The highest BCUT2D eigenvalue weighted by atomic mass is 79.9. The van der Waals surface area contributed by atoms with E-state index in [1.54, 1.807) is 0 Å². The van der Waals surface area contributed by atoms with Gasteiger partial charge in [0, 0.05) is 23.1 Å². The zero-order chi connectivity index (χ0) is 25.5. The summed E-state index contributed by atoms with van der Waals surface area (Å²) in [7, 11) is 0. The van der Waals surface area contributed by atoms with Crippen LogP contribution in [0.2, 0.25) is 0 Å². The summed E-state index contributed by atoms with van der Waals surface area (Å²) in [5, 5.41) is 0. The van der Waals surface area contributed by atoms with E-state index in [-0.39, 0.29) is 18.2 Å². The topological polar surface area (TPSA) is 71.1 Å². The largest absolute Gasteiger partial charge is 0.460 e. The highest BCUT2D eigenvalue weighted by molar-refractivity contribution is 9.10. The van der Waals surface area contributed by atoms with Crippen molar-refractivity contribution in [1.29, 1.82) is 0 Å². The van der Waals surface area contributed by atoms with Gasteiger partial charge >= 0.3 is 5.97 Å². The normalized spacial score (nSPS) is 11.4. The predicted octanol–water partition coefficient (Wildman–Crippen LogP) is 5.78. The van der Waals surface area contributed by atoms with Crippen molar-refractivity contribution in [3.63, 3.8) is 0 Å². The van der Waals surface area contributed by atoms with Crippen molar-refractivity contribution >= 4 is 27.7 Å². The quantitative estimate of drug-likeness (QED) is 0.150. The van der Waals surface area contributed by atoms with Gasteiger partial charge in [-0.3, -0.25) is 9.59 Å². The monoisotopic (exact) mass is 548 g/mol. The fraction of sp³-hybridized carbons (Fsp3) is 0.500. The molecule has 0 amide bonds. The van der Waals surface area contributed by atoms with Crippen molar-refractivity contribution in [2.75, 3.05) is 39.6 Å². The third-order valence-corrected chi connectivity index (χ3v) is 5.43. The van der Waals surface area contributed by atoms with Crippen molar-refractivity contribution < 1.29 is 28.5 Å². The molecule has 6 nitrogen and oxygen atoms in total. The molecule has 2 aromatic carbocycles. The Hall–Kier alpha value is -2.06. The fourth-order valence-electron chi connectivity index (χ4n) is 3.22. The lowest BCUT2D eigenvalue weighted by Crippen LogP contribution is -2.24. The van der Waals surface area contributed by atoms with Crippen LogP contribution in [0.5, 0.6) is 0 Å². The number of carbonyl (C=O) groups is 2. The second-order valence-corrected chi connectivity index (χ2v) is 10.1. The maximum Gasteiger partial charge on any atom is 0.308 e. The van der Waals surface area contributed by atoms with Crippen molar-refractivity contribution in [3.8, 4) is 0 Å². The molecule has 0 aliphatic carbocycles. The van der Waals surface area contributed by atoms with Crippen LogP contribution in [0.3, 0.4) is 0 Å². The molecule has 0 saturated carbocycles. The average Bonchev–Trinajstić information content (AvgIpc) is 2.80. The van der Waals surface area contributed by atoms with Gasteiger partial charge in [-0.1, -0.05) is 52.3 Å². The van der Waals surface area contributed by atoms with Gasteiger partial charge in [0.15, 0.2) is 5.78 Å². The Bertz CT molecular complexity index is 887. The third-order valence-electron chi connectivity index (χ3n) is 4.90. The summed E-state index contributed by atoms with van der Waals surface area (Å²) in [4.78, 5) is 23.9. The van der Waals surface area contributed by atoms with Crippen LogP contribution in [0, 0.1) is 0 Å². The second-order valence-electron chi connectivity index (χ2n) is 9.20. The molecule has 0 aliphatic heterocycles. The molecule has 0 atom stereocenters. The average molecular weight is 550 g/mol. The number of ketones is 1. The minimum absolute atomic E-state index is 0.128. The first-order valence-corrected chi connectivity index (χ1v) is 12.8. The first kappa shape index (κ1) is 29.2. The minimum atomic E-state index is -0.472. The third kappa shape index (κ3) is 13.6. The van der Waals surface area contributed by atoms with Crippen LogP contribution in [-0.2, 0) is 30.2 Å². The highest BCUT2D eigenvalue weighted by Gasteiger charge is 2.15. The Morgan fingerprint density at radius 2 is 1.23 bits per heavy atom. The number of benzene rings is 2. The lowest BCUT2D eigenvalue weighted by atomic mass is 10.0. The second kappa shape index (κ2) is 15.8. The smallest absolute Gasteiger partial charge is 0.308 e. The summed E-state index contributed by atoms with van der Waals surface area (Å²) in [5.41, 5.74) is 2.68. The number of hydrogen-bond donors (Lipinski definition) is 0. The molecule has 0 radical (unpaired) electrons. The number of ether oxygens (including phenoxy) is 4. The number of hydrogen-bond acceptors (Lipinski definition) is 6. The van der Waals surface area contributed by atoms with Crippen LogP contribution >= 0.6 is 15.9 Å². The van der Waals surface area contributed by atoms with Gasteiger partial charge in [-0.25, -0.2) is 0 Å². The SMILES string of the molecule is CC(C)(C)OC(=O)CCOCCOCCOCCCC(=O)c1ccc(Cc2ccc(Br)cc2)cc1. The molecule has 2 rings (SSSR count). The van der Waals surface area contributed by atoms with Gasteiger partial charge in [0.1, 0.15) is 5.60 Å². The van der Waals surface area contributed by atoms with Crippen molar-refractivity contribution in [1.82, 2.24) is 0 Å². The van der Waals surface area contributed by atoms with Gasteiger partial charge in [-0.15, -0.1) is 0 Å². The molecule has 0 N–H and O–H groups in total. The zero-order valence-electron chi connectivity index (χ0n) is 21.0. The molecule has 0 fully saturated rings. The van der Waals surface area contributed by atoms with E-state index in [1.807, 2.05) is 57.2 Å². The number of Topliss-reactive ketones (excluding diaryl/α,β-unsaturated/α-hetero) is 1. The van der Waals surface area contributed by atoms with Gasteiger partial charge in [-0.2, -0.15) is 0 Å². The summed E-state index contributed by atoms with van der Waals surface area (Å²) in [6.07, 6.45) is 2.21. The Balaban J connectivity index is 1.46. The van der Waals surface area contributed by atoms with E-state index in [9.17, 15) is 9.59 Å². The van der Waals surface area contributed by atoms with E-state index >= 15 is 0 Å². The summed E-state index contributed by atoms with van der Waals surface area (Å²) in [6.45, 7) is 8.13. The lowest BCUT2D eigenvalue weighted by Gasteiger charge is -2.19. The van der Waals surface area contributed by atoms with Crippen molar-refractivity contribution in [2.24, 2.45) is 0 Å². The molecule has 35 heavy (non-hydrogen) atoms. The molecule has 0 bridgehead atoms. The maximum absolute atomic E-state index is 12.4. The Labute approximate surface area is 217 Å². The van der Waals surface area contributed by atoms with Crippen LogP contribution in [-0.4, -0.2) is 57.0 Å². The Morgan fingerprint density at radius 3 is 1.80 bits per heavy atom. The molecule has 0 aliphatic rings. The van der Waals surface area contributed by atoms with Gasteiger partial charge < -0.3 is 18.9 Å². The molecule has 0 heterocycles. The van der Waals surface area contributed by atoms with Gasteiger partial charge in [0.25, 0.3) is 0 Å². The van der Waals surface area contributed by atoms with Crippen LogP contribution in [0.1, 0.15) is 61.5 Å². The van der Waals surface area contributed by atoms with Crippen molar-refractivity contribution in [2.45, 2.75) is 52.1 Å². The summed E-state index contributed by atoms with van der Waals surface area (Å²) >= 11 is 3.45. The molecule has 0 saturated heterocycles. The lowest BCUT2D eigenvalue weighted by molar-refractivity contribution is -0.156. The molecule has 2 aromatic rings. The van der Waals surface area contributed by atoms with E-state index in [0.29, 0.717) is 52.5 Å². The minimum Gasteiger partial charge on any atom is -0.460 e. The predicted molar refractivity (Wildman–Crippen MR) is 140 cm³/mol. The van der Waals surface area contributed by atoms with Crippen LogP contribution < -0.4 is 0 Å². The first-order valence-electron chi connectivity index (χ1n) is 12.0. The summed E-state index contributed by atoms with van der Waals surface area (Å²) in [5.74, 6) is -0.136. The van der Waals surface area contributed by atoms with E-state index < -0.39 is 5.60 Å². The van der Waals surface area contributed by atoms with E-state index in [2.05, 4.69) is 28.1 Å².